The van der Waals surface area contributed by atoms with Gasteiger partial charge >= 0.3 is 6.03 Å². The van der Waals surface area contributed by atoms with E-state index in [1.807, 2.05) is 71.9 Å². The van der Waals surface area contributed by atoms with Crippen LogP contribution in [0.15, 0.2) is 30.3 Å². The fraction of sp³-hybridized carbons (Fsp3) is 0.600. The van der Waals surface area contributed by atoms with Gasteiger partial charge in [0.2, 0.25) is 5.78 Å². The fourth-order valence-corrected chi connectivity index (χ4v) is 3.40. The molecule has 0 aliphatic rings. The predicted molar refractivity (Wildman–Crippen MR) is 123 cm³/mol. The summed E-state index contributed by atoms with van der Waals surface area (Å²) in [6.07, 6.45) is 1.48. The minimum atomic E-state index is -0.726. The van der Waals surface area contributed by atoms with Gasteiger partial charge in [-0.3, -0.25) is 14.4 Å². The van der Waals surface area contributed by atoms with Crippen LogP contribution in [-0.4, -0.2) is 35.0 Å². The number of hydrogen-bond donors (Lipinski definition) is 2. The Labute approximate surface area is 186 Å². The highest BCUT2D eigenvalue weighted by molar-refractivity contribution is 6.38. The molecule has 1 unspecified atom stereocenters. The molecule has 0 bridgehead atoms. The van der Waals surface area contributed by atoms with E-state index in [2.05, 4.69) is 10.6 Å². The van der Waals surface area contributed by atoms with Crippen LogP contribution in [0, 0.1) is 11.8 Å². The van der Waals surface area contributed by atoms with Gasteiger partial charge in [-0.1, -0.05) is 51.1 Å². The first-order chi connectivity index (χ1) is 14.4. The van der Waals surface area contributed by atoms with E-state index in [4.69, 9.17) is 0 Å². The van der Waals surface area contributed by atoms with E-state index in [0.717, 1.165) is 5.56 Å². The molecular weight excluding hydrogens is 392 g/mol. The van der Waals surface area contributed by atoms with E-state index in [-0.39, 0.29) is 24.5 Å². The maximum atomic E-state index is 13.2. The minimum absolute atomic E-state index is 0.0730. The predicted octanol–water partition coefficient (Wildman–Crippen LogP) is 4.26. The van der Waals surface area contributed by atoms with Crippen LogP contribution in [0.1, 0.15) is 72.8 Å². The van der Waals surface area contributed by atoms with E-state index in [1.165, 1.54) is 0 Å². The molecule has 2 atom stereocenters. The first kappa shape index (κ1) is 26.5. The number of amides is 2. The van der Waals surface area contributed by atoms with Gasteiger partial charge in [-0.25, -0.2) is 4.79 Å². The van der Waals surface area contributed by atoms with Crippen molar-refractivity contribution >= 4 is 23.4 Å². The van der Waals surface area contributed by atoms with Gasteiger partial charge in [0.25, 0.3) is 0 Å². The Morgan fingerprint density at radius 3 is 2.13 bits per heavy atom. The molecule has 0 spiro atoms. The van der Waals surface area contributed by atoms with Crippen molar-refractivity contribution in [3.8, 4) is 0 Å². The van der Waals surface area contributed by atoms with Crippen LogP contribution >= 0.6 is 0 Å². The molecule has 6 heteroatoms. The van der Waals surface area contributed by atoms with Crippen molar-refractivity contribution in [2.24, 2.45) is 11.8 Å². The summed E-state index contributed by atoms with van der Waals surface area (Å²) in [5.74, 6) is -1.71. The lowest BCUT2D eigenvalue weighted by molar-refractivity contribution is -0.140. The monoisotopic (exact) mass is 430 g/mol. The van der Waals surface area contributed by atoms with Crippen molar-refractivity contribution in [2.75, 3.05) is 0 Å². The molecule has 172 valence electrons. The van der Waals surface area contributed by atoms with Crippen LogP contribution in [-0.2, 0) is 20.8 Å². The van der Waals surface area contributed by atoms with E-state index in [0.29, 0.717) is 19.3 Å². The highest BCUT2D eigenvalue weighted by atomic mass is 16.2. The van der Waals surface area contributed by atoms with Crippen molar-refractivity contribution in [3.63, 3.8) is 0 Å². The summed E-state index contributed by atoms with van der Waals surface area (Å²) in [5.41, 5.74) is 0.463. The molecule has 0 radical (unpaired) electrons. The SMILES string of the molecule is CCCC(=O)C(=O)C(CC(=O)[C@H](CC(C)C)NC(=O)NC(C)(C)C)Cc1ccccc1. The lowest BCUT2D eigenvalue weighted by atomic mass is 9.85. The fourth-order valence-electron chi connectivity index (χ4n) is 3.40. The lowest BCUT2D eigenvalue weighted by Gasteiger charge is -2.26. The maximum Gasteiger partial charge on any atom is 0.315 e. The molecule has 2 N–H and O–H groups in total. The van der Waals surface area contributed by atoms with Crippen molar-refractivity contribution in [1.82, 2.24) is 10.6 Å². The number of hydrogen-bond acceptors (Lipinski definition) is 4. The third kappa shape index (κ3) is 10.4. The molecule has 1 aromatic carbocycles. The van der Waals surface area contributed by atoms with Crippen LogP contribution in [0.5, 0.6) is 0 Å². The molecule has 2 amide bonds. The van der Waals surface area contributed by atoms with Gasteiger partial charge in [0.05, 0.1) is 6.04 Å². The second-order valence-corrected chi connectivity index (χ2v) is 9.63. The average molecular weight is 431 g/mol. The molecule has 31 heavy (non-hydrogen) atoms. The summed E-state index contributed by atoms with van der Waals surface area (Å²) in [5, 5.41) is 5.58. The Morgan fingerprint density at radius 2 is 1.61 bits per heavy atom. The standard InChI is InChI=1S/C25H38N2O4/c1-7-11-21(28)23(30)19(15-18-12-9-8-10-13-18)16-22(29)20(14-17(2)3)26-24(31)27-25(4,5)6/h8-10,12-13,17,19-20H,7,11,14-16H2,1-6H3,(H2,26,27,31)/t19?,20-/m0/s1. The van der Waals surface area contributed by atoms with E-state index >= 15 is 0 Å². The van der Waals surface area contributed by atoms with Crippen LogP contribution in [0.2, 0.25) is 0 Å². The van der Waals surface area contributed by atoms with Crippen LogP contribution < -0.4 is 10.6 Å². The van der Waals surface area contributed by atoms with E-state index in [1.54, 1.807) is 0 Å². The Kier molecular flexibility index (Phi) is 10.6. The third-order valence-electron chi connectivity index (χ3n) is 4.78. The number of rotatable bonds is 12. The second kappa shape index (κ2) is 12.4. The van der Waals surface area contributed by atoms with Crippen LogP contribution in [0.3, 0.4) is 0 Å². The maximum absolute atomic E-state index is 13.2. The summed E-state index contributed by atoms with van der Waals surface area (Å²) >= 11 is 0. The molecule has 1 rings (SSSR count). The zero-order valence-electron chi connectivity index (χ0n) is 19.8. The second-order valence-electron chi connectivity index (χ2n) is 9.63. The van der Waals surface area contributed by atoms with Gasteiger partial charge in [0.1, 0.15) is 0 Å². The molecule has 0 saturated carbocycles. The molecule has 0 aliphatic carbocycles. The summed E-state index contributed by atoms with van der Waals surface area (Å²) in [7, 11) is 0. The molecule has 0 aliphatic heterocycles. The summed E-state index contributed by atoms with van der Waals surface area (Å²) < 4.78 is 0. The zero-order valence-corrected chi connectivity index (χ0v) is 19.8. The third-order valence-corrected chi connectivity index (χ3v) is 4.78. The Morgan fingerprint density at radius 1 is 1.00 bits per heavy atom. The average Bonchev–Trinajstić information content (AvgIpc) is 2.65. The van der Waals surface area contributed by atoms with Crippen LogP contribution in [0.25, 0.3) is 0 Å². The highest BCUT2D eigenvalue weighted by Gasteiger charge is 2.31. The van der Waals surface area contributed by atoms with Gasteiger partial charge < -0.3 is 10.6 Å². The number of urea groups is 1. The smallest absolute Gasteiger partial charge is 0.315 e. The zero-order chi connectivity index (χ0) is 23.6. The van der Waals surface area contributed by atoms with Crippen LogP contribution in [0.4, 0.5) is 4.79 Å². The van der Waals surface area contributed by atoms with E-state index < -0.39 is 35.1 Å². The van der Waals surface area contributed by atoms with Crippen molar-refractivity contribution < 1.29 is 19.2 Å². The first-order valence-corrected chi connectivity index (χ1v) is 11.1. The molecule has 0 aromatic heterocycles. The molecule has 6 nitrogen and oxygen atoms in total. The van der Waals surface area contributed by atoms with Gasteiger partial charge in [0, 0.05) is 24.3 Å². The summed E-state index contributed by atoms with van der Waals surface area (Å²) in [6.45, 7) is 11.4. The van der Waals surface area contributed by atoms with Crippen molar-refractivity contribution in [1.29, 1.82) is 0 Å². The van der Waals surface area contributed by atoms with Gasteiger partial charge in [0.15, 0.2) is 11.6 Å². The number of Topliss-reactive ketones (excluding diaryl/α,β-unsaturated/α-hetero) is 3. The van der Waals surface area contributed by atoms with Gasteiger partial charge in [-0.15, -0.1) is 0 Å². The molecular formula is C25H38N2O4. The van der Waals surface area contributed by atoms with E-state index in [9.17, 15) is 19.2 Å². The van der Waals surface area contributed by atoms with Gasteiger partial charge in [-0.2, -0.15) is 0 Å². The molecule has 0 fully saturated rings. The minimum Gasteiger partial charge on any atom is -0.334 e. The Balaban J connectivity index is 3.02. The highest BCUT2D eigenvalue weighted by Crippen LogP contribution is 2.19. The lowest BCUT2D eigenvalue weighted by Crippen LogP contribution is -2.52. The molecule has 0 heterocycles. The van der Waals surface area contributed by atoms with Crippen molar-refractivity contribution in [3.05, 3.63) is 35.9 Å². The molecule has 1 aromatic rings. The number of carbonyl (C=O) groups excluding carboxylic acids is 4. The Hall–Kier alpha value is -2.50. The normalized spacial score (nSPS) is 13.4. The summed E-state index contributed by atoms with van der Waals surface area (Å²) in [6, 6.07) is 8.25. The number of benzene rings is 1. The topological polar surface area (TPSA) is 92.3 Å². The molecule has 0 saturated heterocycles. The number of nitrogens with one attached hydrogen (secondary N) is 2. The number of carbonyl (C=O) groups is 4. The quantitative estimate of drug-likeness (QED) is 0.485. The summed E-state index contributed by atoms with van der Waals surface area (Å²) in [4.78, 5) is 50.6. The van der Waals surface area contributed by atoms with Crippen molar-refractivity contribution in [2.45, 2.75) is 85.2 Å². The largest absolute Gasteiger partial charge is 0.334 e. The Bertz CT molecular complexity index is 751. The number of ketones is 3. The van der Waals surface area contributed by atoms with Gasteiger partial charge in [-0.05, 0) is 51.5 Å². The first-order valence-electron chi connectivity index (χ1n) is 11.1.